The lowest BCUT2D eigenvalue weighted by molar-refractivity contribution is -0.150. The summed E-state index contributed by atoms with van der Waals surface area (Å²) in [6.07, 6.45) is 2.61. The van der Waals surface area contributed by atoms with E-state index in [9.17, 15) is 4.79 Å². The predicted molar refractivity (Wildman–Crippen MR) is 71.8 cm³/mol. The molecule has 0 aliphatic heterocycles. The number of benzene rings is 1. The first-order valence-electron chi connectivity index (χ1n) is 6.59. The molecule has 1 N–H and O–H groups in total. The van der Waals surface area contributed by atoms with Gasteiger partial charge in [0.15, 0.2) is 6.10 Å². The van der Waals surface area contributed by atoms with Crippen LogP contribution in [0, 0.1) is 0 Å². The molecule has 100 valence electrons. The van der Waals surface area contributed by atoms with Crippen LogP contribution in [0.5, 0.6) is 0 Å². The Morgan fingerprint density at radius 3 is 2.33 bits per heavy atom. The number of rotatable bonds is 8. The average Bonchev–Trinajstić information content (AvgIpc) is 2.38. The molecule has 3 heteroatoms. The van der Waals surface area contributed by atoms with Crippen LogP contribution >= 0.6 is 0 Å². The summed E-state index contributed by atoms with van der Waals surface area (Å²) in [6.45, 7) is 4.67. The van der Waals surface area contributed by atoms with Gasteiger partial charge < -0.3 is 9.84 Å². The van der Waals surface area contributed by atoms with Gasteiger partial charge in [-0.2, -0.15) is 0 Å². The Morgan fingerprint density at radius 1 is 1.22 bits per heavy atom. The highest BCUT2D eigenvalue weighted by molar-refractivity contribution is 5.72. The summed E-state index contributed by atoms with van der Waals surface area (Å²) in [5, 5.41) is 9.11. The van der Waals surface area contributed by atoms with E-state index in [1.807, 2.05) is 24.3 Å². The molecule has 0 saturated carbocycles. The van der Waals surface area contributed by atoms with Gasteiger partial charge >= 0.3 is 5.97 Å². The third kappa shape index (κ3) is 4.88. The van der Waals surface area contributed by atoms with E-state index in [-0.39, 0.29) is 0 Å². The Bertz CT molecular complexity index is 357. The zero-order valence-electron chi connectivity index (χ0n) is 11.2. The second kappa shape index (κ2) is 7.88. The highest BCUT2D eigenvalue weighted by Gasteiger charge is 2.18. The molecule has 0 aliphatic rings. The van der Waals surface area contributed by atoms with E-state index in [4.69, 9.17) is 9.84 Å². The van der Waals surface area contributed by atoms with E-state index in [2.05, 4.69) is 13.8 Å². The number of carbonyl (C=O) groups is 1. The van der Waals surface area contributed by atoms with Crippen LogP contribution in [0.25, 0.3) is 0 Å². The number of aryl methyl sites for hydroxylation is 1. The maximum Gasteiger partial charge on any atom is 0.333 e. The van der Waals surface area contributed by atoms with Gasteiger partial charge in [-0.05, 0) is 24.0 Å². The summed E-state index contributed by atoms with van der Waals surface area (Å²) in [7, 11) is 0. The van der Waals surface area contributed by atoms with Crippen molar-refractivity contribution in [2.24, 2.45) is 0 Å². The summed E-state index contributed by atoms with van der Waals surface area (Å²) in [6, 6.07) is 8.05. The van der Waals surface area contributed by atoms with Crippen molar-refractivity contribution in [1.29, 1.82) is 0 Å². The van der Waals surface area contributed by atoms with E-state index in [1.54, 1.807) is 0 Å². The lowest BCUT2D eigenvalue weighted by Gasteiger charge is -2.13. The molecule has 3 nitrogen and oxygen atoms in total. The van der Waals surface area contributed by atoms with Crippen LogP contribution in [0.15, 0.2) is 24.3 Å². The fourth-order valence-electron chi connectivity index (χ4n) is 1.71. The summed E-state index contributed by atoms with van der Waals surface area (Å²) in [5.74, 6) is -0.884. The standard InChI is InChI=1S/C15H22O3/c1-3-5-10-18-14(15(16)17)11-13-8-6-12(4-2)7-9-13/h6-9,14H,3-5,10-11H2,1-2H3,(H,16,17)/t14-/m1/s1. The Labute approximate surface area is 109 Å². The molecule has 0 unspecified atom stereocenters. The van der Waals surface area contributed by atoms with Crippen LogP contribution in [0.2, 0.25) is 0 Å². The SMILES string of the molecule is CCCCO[C@H](Cc1ccc(CC)cc1)C(=O)O. The number of ether oxygens (including phenoxy) is 1. The predicted octanol–water partition coefficient (Wildman–Crippen LogP) is 3.06. The minimum atomic E-state index is -0.884. The molecule has 0 radical (unpaired) electrons. The van der Waals surface area contributed by atoms with Crippen LogP contribution in [-0.2, 0) is 22.4 Å². The van der Waals surface area contributed by atoms with Crippen LogP contribution in [0.4, 0.5) is 0 Å². The highest BCUT2D eigenvalue weighted by Crippen LogP contribution is 2.10. The van der Waals surface area contributed by atoms with Gasteiger partial charge in [-0.15, -0.1) is 0 Å². The number of carboxylic acid groups (broad SMARTS) is 1. The van der Waals surface area contributed by atoms with Gasteiger partial charge in [-0.25, -0.2) is 4.79 Å². The Balaban J connectivity index is 2.56. The normalized spacial score (nSPS) is 12.3. The third-order valence-electron chi connectivity index (χ3n) is 2.94. The second-order valence-corrected chi connectivity index (χ2v) is 4.43. The van der Waals surface area contributed by atoms with Crippen molar-refractivity contribution in [3.63, 3.8) is 0 Å². The summed E-state index contributed by atoms with van der Waals surface area (Å²) in [4.78, 5) is 11.1. The van der Waals surface area contributed by atoms with Gasteiger partial charge in [0.2, 0.25) is 0 Å². The fourth-order valence-corrected chi connectivity index (χ4v) is 1.71. The summed E-state index contributed by atoms with van der Waals surface area (Å²) in [5.41, 5.74) is 2.27. The minimum absolute atomic E-state index is 0.434. The molecule has 0 aliphatic carbocycles. The van der Waals surface area contributed by atoms with Gasteiger partial charge in [0, 0.05) is 13.0 Å². The molecule has 1 atom stereocenters. The number of hydrogen-bond acceptors (Lipinski definition) is 2. The van der Waals surface area contributed by atoms with Crippen LogP contribution in [0.1, 0.15) is 37.8 Å². The van der Waals surface area contributed by atoms with E-state index in [0.717, 1.165) is 24.8 Å². The first-order chi connectivity index (χ1) is 8.67. The van der Waals surface area contributed by atoms with Gasteiger partial charge in [-0.3, -0.25) is 0 Å². The zero-order chi connectivity index (χ0) is 13.4. The van der Waals surface area contributed by atoms with Crippen molar-refractivity contribution in [3.05, 3.63) is 35.4 Å². The summed E-state index contributed by atoms with van der Waals surface area (Å²) < 4.78 is 5.40. The summed E-state index contributed by atoms with van der Waals surface area (Å²) >= 11 is 0. The van der Waals surface area contributed by atoms with E-state index < -0.39 is 12.1 Å². The van der Waals surface area contributed by atoms with Crippen molar-refractivity contribution in [2.45, 2.75) is 45.6 Å². The third-order valence-corrected chi connectivity index (χ3v) is 2.94. The molecule has 1 aromatic carbocycles. The molecule has 18 heavy (non-hydrogen) atoms. The quantitative estimate of drug-likeness (QED) is 0.721. The average molecular weight is 250 g/mol. The molecule has 1 aromatic rings. The smallest absolute Gasteiger partial charge is 0.333 e. The number of hydrogen-bond donors (Lipinski definition) is 1. The zero-order valence-corrected chi connectivity index (χ0v) is 11.2. The molecule has 0 fully saturated rings. The van der Waals surface area contributed by atoms with Crippen molar-refractivity contribution in [1.82, 2.24) is 0 Å². The Kier molecular flexibility index (Phi) is 6.44. The van der Waals surface area contributed by atoms with Crippen molar-refractivity contribution in [2.75, 3.05) is 6.61 Å². The van der Waals surface area contributed by atoms with Crippen LogP contribution < -0.4 is 0 Å². The first kappa shape index (κ1) is 14.7. The molecular weight excluding hydrogens is 228 g/mol. The van der Waals surface area contributed by atoms with Crippen LogP contribution in [0.3, 0.4) is 0 Å². The van der Waals surface area contributed by atoms with E-state index in [0.29, 0.717) is 13.0 Å². The second-order valence-electron chi connectivity index (χ2n) is 4.43. The highest BCUT2D eigenvalue weighted by atomic mass is 16.5. The minimum Gasteiger partial charge on any atom is -0.479 e. The lowest BCUT2D eigenvalue weighted by Crippen LogP contribution is -2.26. The van der Waals surface area contributed by atoms with E-state index >= 15 is 0 Å². The molecule has 1 rings (SSSR count). The number of aliphatic carboxylic acids is 1. The van der Waals surface area contributed by atoms with Crippen molar-refractivity contribution < 1.29 is 14.6 Å². The Morgan fingerprint density at radius 2 is 1.83 bits per heavy atom. The van der Waals surface area contributed by atoms with Crippen molar-refractivity contribution >= 4 is 5.97 Å². The fraction of sp³-hybridized carbons (Fsp3) is 0.533. The topological polar surface area (TPSA) is 46.5 Å². The largest absolute Gasteiger partial charge is 0.479 e. The molecule has 0 amide bonds. The van der Waals surface area contributed by atoms with Gasteiger partial charge in [0.05, 0.1) is 0 Å². The Hall–Kier alpha value is -1.35. The maximum absolute atomic E-state index is 11.1. The molecule has 0 bridgehead atoms. The van der Waals surface area contributed by atoms with Crippen LogP contribution in [-0.4, -0.2) is 23.8 Å². The molecule has 0 aromatic heterocycles. The van der Waals surface area contributed by atoms with Crippen molar-refractivity contribution in [3.8, 4) is 0 Å². The number of unbranched alkanes of at least 4 members (excludes halogenated alkanes) is 1. The molecule has 0 heterocycles. The van der Waals surface area contributed by atoms with Gasteiger partial charge in [0.1, 0.15) is 0 Å². The molecule has 0 spiro atoms. The number of carboxylic acids is 1. The van der Waals surface area contributed by atoms with Gasteiger partial charge in [-0.1, -0.05) is 44.5 Å². The molecule has 0 saturated heterocycles. The molecular formula is C15H22O3. The maximum atomic E-state index is 11.1. The van der Waals surface area contributed by atoms with E-state index in [1.165, 1.54) is 5.56 Å². The van der Waals surface area contributed by atoms with Gasteiger partial charge in [0.25, 0.3) is 0 Å². The lowest BCUT2D eigenvalue weighted by atomic mass is 10.0. The first-order valence-corrected chi connectivity index (χ1v) is 6.59. The monoisotopic (exact) mass is 250 g/mol.